The number of rotatable bonds is 3. The summed E-state index contributed by atoms with van der Waals surface area (Å²) in [6.07, 6.45) is 4.26. The minimum absolute atomic E-state index is 0.127. The molecule has 1 aliphatic heterocycles. The number of hydrogen-bond donors (Lipinski definition) is 2. The van der Waals surface area contributed by atoms with E-state index in [2.05, 4.69) is 26.2 Å². The lowest BCUT2D eigenvalue weighted by atomic mass is 10.0. The second-order valence-electron chi connectivity index (χ2n) is 5.72. The van der Waals surface area contributed by atoms with Crippen LogP contribution in [0.15, 0.2) is 34.8 Å². The van der Waals surface area contributed by atoms with Gasteiger partial charge < -0.3 is 15.0 Å². The Hall–Kier alpha value is -1.24. The van der Waals surface area contributed by atoms with E-state index in [1.54, 1.807) is 10.9 Å². The molecule has 0 radical (unpaired) electrons. The lowest BCUT2D eigenvalue weighted by molar-refractivity contribution is 0.114. The van der Waals surface area contributed by atoms with E-state index in [-0.39, 0.29) is 18.4 Å². The Morgan fingerprint density at radius 2 is 2.41 bits per heavy atom. The molecule has 1 aromatic heterocycles. The Bertz CT molecular complexity index is 713. The monoisotopic (exact) mass is 367 g/mol. The maximum Gasteiger partial charge on any atom is 0.117 e. The second kappa shape index (κ2) is 6.48. The van der Waals surface area contributed by atoms with Gasteiger partial charge in [0, 0.05) is 4.47 Å². The van der Waals surface area contributed by atoms with E-state index < -0.39 is 6.10 Å². The highest BCUT2D eigenvalue weighted by atomic mass is 79.9. The first-order chi connectivity index (χ1) is 10.6. The number of allylic oxidation sites excluding steroid dienone is 1. The average molecular weight is 368 g/mol. The van der Waals surface area contributed by atoms with Crippen molar-refractivity contribution in [1.82, 2.24) is 14.9 Å². The van der Waals surface area contributed by atoms with Crippen LogP contribution < -0.4 is 5.32 Å². The van der Waals surface area contributed by atoms with Gasteiger partial charge in [-0.05, 0) is 50.1 Å². The SMILES string of the molecule is Cc1c(Br)ccc2c1ncn2C/C(F)=C/C1NCCCC1O. The van der Waals surface area contributed by atoms with E-state index in [1.165, 1.54) is 6.08 Å². The first kappa shape index (κ1) is 15.6. The summed E-state index contributed by atoms with van der Waals surface area (Å²) in [5.41, 5.74) is 2.82. The summed E-state index contributed by atoms with van der Waals surface area (Å²) < 4.78 is 17.1. The van der Waals surface area contributed by atoms with Crippen molar-refractivity contribution in [3.05, 3.63) is 40.4 Å². The molecule has 0 amide bonds. The van der Waals surface area contributed by atoms with Gasteiger partial charge in [0.15, 0.2) is 0 Å². The molecule has 22 heavy (non-hydrogen) atoms. The number of piperidine rings is 1. The Labute approximate surface area is 137 Å². The number of hydrogen-bond acceptors (Lipinski definition) is 3. The fourth-order valence-electron chi connectivity index (χ4n) is 2.85. The second-order valence-corrected chi connectivity index (χ2v) is 6.57. The molecule has 2 atom stereocenters. The molecule has 1 aromatic carbocycles. The van der Waals surface area contributed by atoms with Gasteiger partial charge in [-0.15, -0.1) is 0 Å². The van der Waals surface area contributed by atoms with Crippen molar-refractivity contribution in [2.45, 2.75) is 38.5 Å². The molecule has 3 rings (SSSR count). The highest BCUT2D eigenvalue weighted by Crippen LogP contribution is 2.25. The summed E-state index contributed by atoms with van der Waals surface area (Å²) in [6.45, 7) is 2.92. The zero-order valence-electron chi connectivity index (χ0n) is 12.4. The van der Waals surface area contributed by atoms with E-state index in [0.29, 0.717) is 6.42 Å². The average Bonchev–Trinajstić information content (AvgIpc) is 2.89. The molecule has 0 aliphatic carbocycles. The number of nitrogens with zero attached hydrogens (tertiary/aromatic N) is 2. The lowest BCUT2D eigenvalue weighted by Crippen LogP contribution is -2.43. The van der Waals surface area contributed by atoms with Gasteiger partial charge in [-0.1, -0.05) is 15.9 Å². The quantitative estimate of drug-likeness (QED) is 0.876. The van der Waals surface area contributed by atoms with Crippen LogP contribution in [0.4, 0.5) is 4.39 Å². The summed E-state index contributed by atoms with van der Waals surface area (Å²) in [5.74, 6) is -0.265. The Morgan fingerprint density at radius 3 is 3.18 bits per heavy atom. The van der Waals surface area contributed by atoms with Crippen molar-refractivity contribution in [2.75, 3.05) is 6.54 Å². The molecule has 2 aromatic rings. The first-order valence-corrected chi connectivity index (χ1v) is 8.23. The van der Waals surface area contributed by atoms with Crippen LogP contribution in [0.1, 0.15) is 18.4 Å². The van der Waals surface area contributed by atoms with Crippen LogP contribution in [-0.4, -0.2) is 33.3 Å². The molecule has 1 fully saturated rings. The molecule has 2 unspecified atom stereocenters. The number of aromatic nitrogens is 2. The number of aliphatic hydroxyl groups excluding tert-OH is 1. The molecule has 118 valence electrons. The van der Waals surface area contributed by atoms with E-state index in [4.69, 9.17) is 0 Å². The fourth-order valence-corrected chi connectivity index (χ4v) is 3.17. The topological polar surface area (TPSA) is 50.1 Å². The number of nitrogens with one attached hydrogen (secondary N) is 1. The predicted octanol–water partition coefficient (Wildman–Crippen LogP) is 3.07. The highest BCUT2D eigenvalue weighted by Gasteiger charge is 2.21. The number of aryl methyl sites for hydroxylation is 1. The molecule has 4 nitrogen and oxygen atoms in total. The van der Waals surface area contributed by atoms with Crippen LogP contribution in [0, 0.1) is 6.92 Å². The summed E-state index contributed by atoms with van der Waals surface area (Å²) in [4.78, 5) is 4.37. The van der Waals surface area contributed by atoms with Gasteiger partial charge in [-0.3, -0.25) is 0 Å². The third-order valence-electron chi connectivity index (χ3n) is 4.13. The van der Waals surface area contributed by atoms with Gasteiger partial charge >= 0.3 is 0 Å². The number of halogens is 2. The van der Waals surface area contributed by atoms with Gasteiger partial charge in [-0.2, -0.15) is 0 Å². The van der Waals surface area contributed by atoms with Gasteiger partial charge in [0.1, 0.15) is 5.83 Å². The third kappa shape index (κ3) is 3.09. The smallest absolute Gasteiger partial charge is 0.117 e. The summed E-state index contributed by atoms with van der Waals surface area (Å²) >= 11 is 3.48. The van der Waals surface area contributed by atoms with Crippen molar-refractivity contribution >= 4 is 27.0 Å². The minimum atomic E-state index is -0.516. The number of imidazole rings is 1. The molecular formula is C16H19BrFN3O. The van der Waals surface area contributed by atoms with Crippen LogP contribution in [0.5, 0.6) is 0 Å². The molecule has 2 heterocycles. The number of fused-ring (bicyclic) bond motifs is 1. The Morgan fingerprint density at radius 1 is 1.59 bits per heavy atom. The molecule has 6 heteroatoms. The number of aliphatic hydroxyl groups is 1. The maximum atomic E-state index is 14.3. The third-order valence-corrected chi connectivity index (χ3v) is 4.99. The largest absolute Gasteiger partial charge is 0.391 e. The molecular weight excluding hydrogens is 349 g/mol. The van der Waals surface area contributed by atoms with Crippen LogP contribution >= 0.6 is 15.9 Å². The van der Waals surface area contributed by atoms with Gasteiger partial charge in [-0.25, -0.2) is 9.37 Å². The summed E-state index contributed by atoms with van der Waals surface area (Å²) in [6, 6.07) is 3.57. The molecule has 0 saturated carbocycles. The number of benzene rings is 1. The van der Waals surface area contributed by atoms with E-state index in [9.17, 15) is 9.50 Å². The Kier molecular flexibility index (Phi) is 4.61. The van der Waals surface area contributed by atoms with Crippen molar-refractivity contribution in [3.63, 3.8) is 0 Å². The van der Waals surface area contributed by atoms with Gasteiger partial charge in [0.25, 0.3) is 0 Å². The van der Waals surface area contributed by atoms with Crippen molar-refractivity contribution < 1.29 is 9.50 Å². The van der Waals surface area contributed by atoms with Crippen LogP contribution in [-0.2, 0) is 6.54 Å². The lowest BCUT2D eigenvalue weighted by Gasteiger charge is -2.26. The Balaban J connectivity index is 1.82. The van der Waals surface area contributed by atoms with Gasteiger partial charge in [0.2, 0.25) is 0 Å². The fraction of sp³-hybridized carbons (Fsp3) is 0.438. The highest BCUT2D eigenvalue weighted by molar-refractivity contribution is 9.10. The van der Waals surface area contributed by atoms with Crippen LogP contribution in [0.2, 0.25) is 0 Å². The van der Waals surface area contributed by atoms with E-state index in [1.807, 2.05) is 19.1 Å². The zero-order chi connectivity index (χ0) is 15.7. The molecule has 1 saturated heterocycles. The summed E-state index contributed by atoms with van der Waals surface area (Å²) in [5, 5.41) is 13.0. The normalized spacial score (nSPS) is 23.2. The summed E-state index contributed by atoms with van der Waals surface area (Å²) in [7, 11) is 0. The molecule has 1 aliphatic rings. The molecule has 2 N–H and O–H groups in total. The van der Waals surface area contributed by atoms with Gasteiger partial charge in [0.05, 0.1) is 36.1 Å². The van der Waals surface area contributed by atoms with Crippen molar-refractivity contribution in [1.29, 1.82) is 0 Å². The minimum Gasteiger partial charge on any atom is -0.391 e. The zero-order valence-corrected chi connectivity index (χ0v) is 14.0. The molecule has 0 spiro atoms. The van der Waals surface area contributed by atoms with E-state index >= 15 is 0 Å². The predicted molar refractivity (Wildman–Crippen MR) is 88.4 cm³/mol. The first-order valence-electron chi connectivity index (χ1n) is 7.44. The maximum absolute atomic E-state index is 14.3. The standard InChI is InChI=1S/C16H19BrFN3O/c1-10-12(17)4-5-14-16(10)20-9-21(14)8-11(18)7-13-15(22)3-2-6-19-13/h4-5,7,9,13,15,19,22H,2-3,6,8H2,1H3/b11-7-. The van der Waals surface area contributed by atoms with E-state index in [0.717, 1.165) is 34.0 Å². The van der Waals surface area contributed by atoms with Crippen molar-refractivity contribution in [3.8, 4) is 0 Å². The molecule has 0 bridgehead atoms. The van der Waals surface area contributed by atoms with Crippen LogP contribution in [0.3, 0.4) is 0 Å². The van der Waals surface area contributed by atoms with Crippen LogP contribution in [0.25, 0.3) is 11.0 Å². The van der Waals surface area contributed by atoms with Crippen molar-refractivity contribution in [2.24, 2.45) is 0 Å².